The third-order valence-corrected chi connectivity index (χ3v) is 5.12. The number of carbonyl (C=O) groups excluding carboxylic acids is 2. The zero-order valence-electron chi connectivity index (χ0n) is 11.6. The molecule has 0 fully saturated rings. The average molecular weight is 432 g/mol. The summed E-state index contributed by atoms with van der Waals surface area (Å²) in [6.07, 6.45) is 1.54. The molecule has 0 N–H and O–H groups in total. The first-order chi connectivity index (χ1) is 11.1. The molecule has 0 aliphatic heterocycles. The van der Waals surface area contributed by atoms with Gasteiger partial charge in [-0.2, -0.15) is 0 Å². The molecule has 1 aromatic heterocycles. The molecule has 2 aromatic carbocycles. The highest BCUT2D eigenvalue weighted by atomic mass is 79.9. The van der Waals surface area contributed by atoms with E-state index in [1.165, 1.54) is 0 Å². The Morgan fingerprint density at radius 1 is 0.739 bits per heavy atom. The average Bonchev–Trinajstić information content (AvgIpc) is 3.06. The van der Waals surface area contributed by atoms with Crippen LogP contribution in [0.2, 0.25) is 0 Å². The quantitative estimate of drug-likeness (QED) is 0.413. The van der Waals surface area contributed by atoms with E-state index >= 15 is 0 Å². The number of carbonyl (C=O) groups is 2. The van der Waals surface area contributed by atoms with Crippen molar-refractivity contribution in [3.63, 3.8) is 0 Å². The van der Waals surface area contributed by atoms with E-state index in [0.717, 1.165) is 0 Å². The second-order valence-electron chi connectivity index (χ2n) is 5.15. The van der Waals surface area contributed by atoms with Crippen LogP contribution in [0, 0.1) is 0 Å². The van der Waals surface area contributed by atoms with Crippen LogP contribution >= 0.6 is 31.9 Å². The van der Waals surface area contributed by atoms with Gasteiger partial charge in [0.2, 0.25) is 0 Å². The Morgan fingerprint density at radius 3 is 1.96 bits per heavy atom. The van der Waals surface area contributed by atoms with Gasteiger partial charge in [0.05, 0.1) is 6.26 Å². The van der Waals surface area contributed by atoms with E-state index in [0.29, 0.717) is 42.5 Å². The molecule has 0 spiro atoms. The van der Waals surface area contributed by atoms with Crippen LogP contribution in [0.25, 0.3) is 11.3 Å². The van der Waals surface area contributed by atoms with Gasteiger partial charge in [-0.25, -0.2) is 0 Å². The number of fused-ring (bicyclic) bond motifs is 2. The third kappa shape index (κ3) is 2.07. The molecule has 0 saturated heterocycles. The van der Waals surface area contributed by atoms with Gasteiger partial charge in [-0.3, -0.25) is 9.59 Å². The molecule has 1 aliphatic rings. The Balaban J connectivity index is 2.12. The number of hydrogen-bond acceptors (Lipinski definition) is 3. The Morgan fingerprint density at radius 2 is 1.35 bits per heavy atom. The summed E-state index contributed by atoms with van der Waals surface area (Å²) >= 11 is 6.90. The van der Waals surface area contributed by atoms with Crippen LogP contribution in [0.15, 0.2) is 62.1 Å². The van der Waals surface area contributed by atoms with Crippen molar-refractivity contribution in [1.29, 1.82) is 0 Å². The Bertz CT molecular complexity index is 972. The first-order valence-electron chi connectivity index (χ1n) is 6.84. The largest absolute Gasteiger partial charge is 0.464 e. The molecule has 3 nitrogen and oxygen atoms in total. The molecule has 0 unspecified atom stereocenters. The topological polar surface area (TPSA) is 47.3 Å². The van der Waals surface area contributed by atoms with Crippen molar-refractivity contribution < 1.29 is 14.0 Å². The van der Waals surface area contributed by atoms with Crippen molar-refractivity contribution >= 4 is 43.4 Å². The Hall–Kier alpha value is -1.98. The van der Waals surface area contributed by atoms with Gasteiger partial charge in [-0.15, -0.1) is 0 Å². The lowest BCUT2D eigenvalue weighted by atomic mass is 9.81. The van der Waals surface area contributed by atoms with Crippen molar-refractivity contribution in [3.05, 3.63) is 79.9 Å². The predicted molar refractivity (Wildman–Crippen MR) is 92.9 cm³/mol. The summed E-state index contributed by atoms with van der Waals surface area (Å²) in [5, 5.41) is 0. The molecule has 0 bridgehead atoms. The summed E-state index contributed by atoms with van der Waals surface area (Å²) in [5.74, 6) is 0.201. The van der Waals surface area contributed by atoms with Gasteiger partial charge < -0.3 is 4.42 Å². The molecule has 1 aliphatic carbocycles. The van der Waals surface area contributed by atoms with Crippen molar-refractivity contribution in [1.82, 2.24) is 0 Å². The molecule has 0 radical (unpaired) electrons. The number of ketones is 2. The zero-order valence-corrected chi connectivity index (χ0v) is 14.8. The molecule has 0 atom stereocenters. The molecular formula is C18H8Br2O3. The van der Waals surface area contributed by atoms with Gasteiger partial charge in [0.25, 0.3) is 0 Å². The van der Waals surface area contributed by atoms with E-state index in [1.807, 2.05) is 0 Å². The van der Waals surface area contributed by atoms with Gasteiger partial charge in [0.15, 0.2) is 11.6 Å². The Kier molecular flexibility index (Phi) is 3.36. The highest BCUT2D eigenvalue weighted by Gasteiger charge is 2.35. The molecular weight excluding hydrogens is 424 g/mol. The molecule has 3 aromatic rings. The minimum Gasteiger partial charge on any atom is -0.464 e. The molecule has 1 heterocycles. The summed E-state index contributed by atoms with van der Waals surface area (Å²) in [7, 11) is 0. The number of halogens is 2. The maximum atomic E-state index is 13.0. The van der Waals surface area contributed by atoms with Gasteiger partial charge in [0.1, 0.15) is 5.76 Å². The molecule has 0 saturated carbocycles. The molecule has 23 heavy (non-hydrogen) atoms. The Labute approximate surface area is 148 Å². The molecule has 5 heteroatoms. The minimum atomic E-state index is -0.177. The van der Waals surface area contributed by atoms with Crippen LogP contribution in [0.3, 0.4) is 0 Å². The van der Waals surface area contributed by atoms with E-state index in [2.05, 4.69) is 31.9 Å². The number of benzene rings is 2. The van der Waals surface area contributed by atoms with Crippen molar-refractivity contribution in [2.45, 2.75) is 0 Å². The van der Waals surface area contributed by atoms with E-state index < -0.39 is 0 Å². The summed E-state index contributed by atoms with van der Waals surface area (Å²) in [4.78, 5) is 25.9. The van der Waals surface area contributed by atoms with Crippen molar-refractivity contribution in [2.75, 3.05) is 0 Å². The molecule has 0 amide bonds. The van der Waals surface area contributed by atoms with Gasteiger partial charge in [0, 0.05) is 36.8 Å². The summed E-state index contributed by atoms with van der Waals surface area (Å²) in [6, 6.07) is 12.2. The summed E-state index contributed by atoms with van der Waals surface area (Å²) in [6.45, 7) is 0. The maximum Gasteiger partial charge on any atom is 0.195 e. The second-order valence-corrected chi connectivity index (χ2v) is 6.86. The number of furan rings is 1. The fourth-order valence-corrected chi connectivity index (χ4v) is 4.42. The van der Waals surface area contributed by atoms with E-state index in [4.69, 9.17) is 4.42 Å². The normalized spacial score (nSPS) is 13.0. The van der Waals surface area contributed by atoms with Gasteiger partial charge in [-0.1, -0.05) is 24.3 Å². The first-order valence-corrected chi connectivity index (χ1v) is 8.42. The molecule has 112 valence electrons. The summed E-state index contributed by atoms with van der Waals surface area (Å²) < 4.78 is 6.75. The monoisotopic (exact) mass is 430 g/mol. The third-order valence-electron chi connectivity index (χ3n) is 3.87. The lowest BCUT2D eigenvalue weighted by Gasteiger charge is -2.21. The van der Waals surface area contributed by atoms with E-state index in [1.54, 1.807) is 48.7 Å². The second kappa shape index (κ2) is 5.28. The van der Waals surface area contributed by atoms with Crippen LogP contribution in [0.1, 0.15) is 31.8 Å². The number of rotatable bonds is 1. The SMILES string of the molecule is O=C1c2ccccc2C(=O)c2c1c(Br)cc(Br)c2-c1ccco1. The first kappa shape index (κ1) is 14.6. The fourth-order valence-electron chi connectivity index (χ4n) is 2.88. The number of hydrogen-bond donors (Lipinski definition) is 0. The summed E-state index contributed by atoms with van der Waals surface area (Å²) in [5.41, 5.74) is 2.19. The van der Waals surface area contributed by atoms with Crippen LogP contribution in [-0.2, 0) is 0 Å². The highest BCUT2D eigenvalue weighted by molar-refractivity contribution is 9.11. The van der Waals surface area contributed by atoms with Crippen LogP contribution in [0.4, 0.5) is 0 Å². The van der Waals surface area contributed by atoms with Crippen LogP contribution < -0.4 is 0 Å². The van der Waals surface area contributed by atoms with Crippen molar-refractivity contribution in [2.24, 2.45) is 0 Å². The highest BCUT2D eigenvalue weighted by Crippen LogP contribution is 2.42. The maximum absolute atomic E-state index is 13.0. The van der Waals surface area contributed by atoms with Gasteiger partial charge in [-0.05, 0) is 50.1 Å². The van der Waals surface area contributed by atoms with Gasteiger partial charge >= 0.3 is 0 Å². The lowest BCUT2D eigenvalue weighted by Crippen LogP contribution is -2.22. The minimum absolute atomic E-state index is 0.164. The molecule has 4 rings (SSSR count). The van der Waals surface area contributed by atoms with E-state index in [-0.39, 0.29) is 11.6 Å². The smallest absolute Gasteiger partial charge is 0.195 e. The lowest BCUT2D eigenvalue weighted by molar-refractivity contribution is 0.0979. The van der Waals surface area contributed by atoms with Crippen LogP contribution in [-0.4, -0.2) is 11.6 Å². The van der Waals surface area contributed by atoms with Crippen LogP contribution in [0.5, 0.6) is 0 Å². The predicted octanol–water partition coefficient (Wildman–Crippen LogP) is 5.25. The standard InChI is InChI=1S/C18H8Br2O3/c19-11-8-12(20)15-16(14(11)13-6-3-7-23-13)18(22)10-5-2-1-4-9(10)17(15)21/h1-8H. The fraction of sp³-hybridized carbons (Fsp3) is 0. The van der Waals surface area contributed by atoms with E-state index in [9.17, 15) is 9.59 Å². The van der Waals surface area contributed by atoms with Crippen molar-refractivity contribution in [3.8, 4) is 11.3 Å². The zero-order chi connectivity index (χ0) is 16.1.